The predicted octanol–water partition coefficient (Wildman–Crippen LogP) is 4.18. The maximum absolute atomic E-state index is 11.9. The van der Waals surface area contributed by atoms with Crippen LogP contribution in [0.3, 0.4) is 0 Å². The van der Waals surface area contributed by atoms with Gasteiger partial charge in [0.05, 0.1) is 19.6 Å². The van der Waals surface area contributed by atoms with Crippen molar-refractivity contribution in [2.75, 3.05) is 7.11 Å². The van der Waals surface area contributed by atoms with Crippen molar-refractivity contribution in [2.24, 2.45) is 5.10 Å². The number of hydrazone groups is 1. The molecule has 4 rings (SSSR count). The van der Waals surface area contributed by atoms with E-state index in [1.54, 1.807) is 31.7 Å². The zero-order valence-electron chi connectivity index (χ0n) is 16.2. The summed E-state index contributed by atoms with van der Waals surface area (Å²) >= 11 is 0. The quantitative estimate of drug-likeness (QED) is 0.371. The molecule has 2 aromatic carbocycles. The molecule has 0 aliphatic heterocycles. The number of methoxy groups -OCH3 is 1. The molecule has 2 heterocycles. The molecular formula is C23H19N3O4. The Morgan fingerprint density at radius 2 is 2.03 bits per heavy atom. The van der Waals surface area contributed by atoms with Gasteiger partial charge in [0, 0.05) is 17.1 Å². The van der Waals surface area contributed by atoms with E-state index in [1.807, 2.05) is 48.5 Å². The molecule has 150 valence electrons. The fourth-order valence-corrected chi connectivity index (χ4v) is 2.97. The number of nitrogens with zero attached hydrogens (tertiary/aromatic N) is 2. The van der Waals surface area contributed by atoms with Crippen LogP contribution < -0.4 is 14.9 Å². The van der Waals surface area contributed by atoms with Crippen molar-refractivity contribution in [1.29, 1.82) is 0 Å². The summed E-state index contributed by atoms with van der Waals surface area (Å²) in [5, 5.41) is 4.99. The van der Waals surface area contributed by atoms with Gasteiger partial charge in [-0.15, -0.1) is 0 Å². The molecule has 0 atom stereocenters. The molecule has 0 saturated heterocycles. The highest BCUT2D eigenvalue weighted by atomic mass is 16.5. The normalized spacial score (nSPS) is 11.0. The standard InChI is InChI=1S/C23H19N3O4/c1-28-19-10-9-16(14-25-26-23(27)21-8-4-12-29-21)13-18(19)15-30-20-7-2-5-17-6-3-11-24-22(17)20/h2-14H,15H2,1H3,(H,26,27). The van der Waals surface area contributed by atoms with Crippen molar-refractivity contribution in [1.82, 2.24) is 10.4 Å². The lowest BCUT2D eigenvalue weighted by Gasteiger charge is -2.12. The number of carbonyl (C=O) groups is 1. The lowest BCUT2D eigenvalue weighted by molar-refractivity contribution is 0.0927. The van der Waals surface area contributed by atoms with Crippen LogP contribution in [0.15, 0.2) is 82.6 Å². The Morgan fingerprint density at radius 3 is 2.87 bits per heavy atom. The Balaban J connectivity index is 1.48. The fraction of sp³-hybridized carbons (Fsp3) is 0.0870. The summed E-state index contributed by atoms with van der Waals surface area (Å²) in [4.78, 5) is 16.3. The number of amides is 1. The Kier molecular flexibility index (Phi) is 5.70. The Morgan fingerprint density at radius 1 is 1.13 bits per heavy atom. The summed E-state index contributed by atoms with van der Waals surface area (Å²) < 4.78 is 16.5. The van der Waals surface area contributed by atoms with E-state index in [4.69, 9.17) is 13.9 Å². The molecule has 1 N–H and O–H groups in total. The van der Waals surface area contributed by atoms with E-state index in [9.17, 15) is 4.79 Å². The van der Waals surface area contributed by atoms with Gasteiger partial charge in [-0.2, -0.15) is 5.10 Å². The monoisotopic (exact) mass is 401 g/mol. The maximum atomic E-state index is 11.9. The molecule has 1 amide bonds. The number of hydrogen-bond donors (Lipinski definition) is 1. The molecule has 0 fully saturated rings. The third kappa shape index (κ3) is 4.30. The molecule has 0 spiro atoms. The summed E-state index contributed by atoms with van der Waals surface area (Å²) in [5.41, 5.74) is 4.85. The number of furan rings is 1. The van der Waals surface area contributed by atoms with Crippen LogP contribution in [-0.2, 0) is 6.61 Å². The number of ether oxygens (including phenoxy) is 2. The third-order valence-corrected chi connectivity index (χ3v) is 4.41. The molecule has 0 saturated carbocycles. The number of rotatable bonds is 7. The summed E-state index contributed by atoms with van der Waals surface area (Å²) in [7, 11) is 1.61. The van der Waals surface area contributed by atoms with Gasteiger partial charge in [0.2, 0.25) is 0 Å². The molecule has 0 bridgehead atoms. The number of nitrogens with one attached hydrogen (secondary N) is 1. The summed E-state index contributed by atoms with van der Waals surface area (Å²) in [5.74, 6) is 1.16. The number of hydrogen-bond acceptors (Lipinski definition) is 6. The third-order valence-electron chi connectivity index (χ3n) is 4.41. The van der Waals surface area contributed by atoms with Gasteiger partial charge in [0.15, 0.2) is 5.76 Å². The molecule has 7 heteroatoms. The highest BCUT2D eigenvalue weighted by molar-refractivity contribution is 5.92. The number of para-hydroxylation sites is 1. The highest BCUT2D eigenvalue weighted by Gasteiger charge is 2.09. The van der Waals surface area contributed by atoms with Crippen LogP contribution in [0.5, 0.6) is 11.5 Å². The van der Waals surface area contributed by atoms with Crippen LogP contribution in [0, 0.1) is 0 Å². The largest absolute Gasteiger partial charge is 0.496 e. The first kappa shape index (κ1) is 19.2. The summed E-state index contributed by atoms with van der Waals surface area (Å²) in [6, 6.07) is 18.4. The van der Waals surface area contributed by atoms with E-state index < -0.39 is 5.91 Å². The van der Waals surface area contributed by atoms with E-state index in [1.165, 1.54) is 6.26 Å². The van der Waals surface area contributed by atoms with Crippen molar-refractivity contribution in [3.8, 4) is 11.5 Å². The van der Waals surface area contributed by atoms with Crippen LogP contribution >= 0.6 is 0 Å². The number of benzene rings is 2. The van der Waals surface area contributed by atoms with E-state index in [0.29, 0.717) is 18.1 Å². The van der Waals surface area contributed by atoms with Gasteiger partial charge in [0.1, 0.15) is 23.6 Å². The molecule has 30 heavy (non-hydrogen) atoms. The number of pyridine rings is 1. The van der Waals surface area contributed by atoms with Gasteiger partial charge in [-0.25, -0.2) is 5.43 Å². The molecule has 7 nitrogen and oxygen atoms in total. The molecule has 2 aromatic heterocycles. The second-order valence-electron chi connectivity index (χ2n) is 6.37. The first-order chi connectivity index (χ1) is 14.7. The van der Waals surface area contributed by atoms with E-state index >= 15 is 0 Å². The van der Waals surface area contributed by atoms with Crippen LogP contribution in [0.25, 0.3) is 10.9 Å². The molecule has 0 unspecified atom stereocenters. The first-order valence-corrected chi connectivity index (χ1v) is 9.25. The minimum atomic E-state index is -0.420. The second-order valence-corrected chi connectivity index (χ2v) is 6.37. The Bertz CT molecular complexity index is 1180. The zero-order valence-corrected chi connectivity index (χ0v) is 16.2. The smallest absolute Gasteiger partial charge is 0.307 e. The van der Waals surface area contributed by atoms with Gasteiger partial charge in [-0.3, -0.25) is 9.78 Å². The first-order valence-electron chi connectivity index (χ1n) is 9.25. The van der Waals surface area contributed by atoms with Crippen molar-refractivity contribution in [3.63, 3.8) is 0 Å². The summed E-state index contributed by atoms with van der Waals surface area (Å²) in [6.45, 7) is 0.291. The van der Waals surface area contributed by atoms with Crippen molar-refractivity contribution >= 4 is 23.0 Å². The van der Waals surface area contributed by atoms with Gasteiger partial charge >= 0.3 is 5.91 Å². The summed E-state index contributed by atoms with van der Waals surface area (Å²) in [6.07, 6.45) is 4.72. The zero-order chi connectivity index (χ0) is 20.8. The van der Waals surface area contributed by atoms with E-state index in [-0.39, 0.29) is 5.76 Å². The number of carbonyl (C=O) groups excluding carboxylic acids is 1. The average molecular weight is 401 g/mol. The van der Waals surface area contributed by atoms with E-state index in [2.05, 4.69) is 15.5 Å². The SMILES string of the molecule is COc1ccc(C=NNC(=O)c2ccco2)cc1COc1cccc2cccnc12. The Hall–Kier alpha value is -4.13. The van der Waals surface area contributed by atoms with Crippen molar-refractivity contribution in [2.45, 2.75) is 6.61 Å². The topological polar surface area (TPSA) is 86.0 Å². The molecule has 4 aromatic rings. The lowest BCUT2D eigenvalue weighted by Crippen LogP contribution is -2.16. The maximum Gasteiger partial charge on any atom is 0.307 e. The Labute approximate surface area is 173 Å². The molecular weight excluding hydrogens is 382 g/mol. The van der Waals surface area contributed by atoms with Crippen LogP contribution in [0.4, 0.5) is 0 Å². The minimum absolute atomic E-state index is 0.194. The van der Waals surface area contributed by atoms with Crippen molar-refractivity contribution < 1.29 is 18.7 Å². The molecule has 0 aliphatic carbocycles. The van der Waals surface area contributed by atoms with Gasteiger partial charge in [-0.1, -0.05) is 18.2 Å². The number of aromatic nitrogens is 1. The van der Waals surface area contributed by atoms with Crippen LogP contribution in [0.2, 0.25) is 0 Å². The second kappa shape index (κ2) is 8.91. The van der Waals surface area contributed by atoms with Gasteiger partial charge in [0.25, 0.3) is 0 Å². The highest BCUT2D eigenvalue weighted by Crippen LogP contribution is 2.26. The van der Waals surface area contributed by atoms with Gasteiger partial charge in [-0.05, 0) is 48.0 Å². The lowest BCUT2D eigenvalue weighted by atomic mass is 10.1. The number of fused-ring (bicyclic) bond motifs is 1. The van der Waals surface area contributed by atoms with Gasteiger partial charge < -0.3 is 13.9 Å². The molecule has 0 radical (unpaired) electrons. The van der Waals surface area contributed by atoms with Crippen LogP contribution in [0.1, 0.15) is 21.7 Å². The predicted molar refractivity (Wildman–Crippen MR) is 113 cm³/mol. The fourth-order valence-electron chi connectivity index (χ4n) is 2.97. The van der Waals surface area contributed by atoms with E-state index in [0.717, 1.165) is 22.0 Å². The minimum Gasteiger partial charge on any atom is -0.496 e. The van der Waals surface area contributed by atoms with Crippen LogP contribution in [-0.4, -0.2) is 24.2 Å². The van der Waals surface area contributed by atoms with Crippen molar-refractivity contribution in [3.05, 3.63) is 90.0 Å². The molecule has 0 aliphatic rings. The average Bonchev–Trinajstić information content (AvgIpc) is 3.33.